The fourth-order valence-electron chi connectivity index (χ4n) is 7.07. The van der Waals surface area contributed by atoms with Crippen LogP contribution in [0.4, 0.5) is 4.79 Å². The lowest BCUT2D eigenvalue weighted by atomic mass is 10.0. The molecule has 0 aromatic carbocycles. The van der Waals surface area contributed by atoms with Crippen LogP contribution in [0.25, 0.3) is 0 Å². The average Bonchev–Trinajstić information content (AvgIpc) is 3.86. The Kier molecular flexibility index (Phi) is 10.4. The van der Waals surface area contributed by atoms with Crippen molar-refractivity contribution >= 4 is 34.0 Å². The first-order valence-corrected chi connectivity index (χ1v) is 18.5. The molecule has 4 atom stereocenters. The molecule has 3 N–H and O–H groups in total. The molecule has 0 bridgehead atoms. The van der Waals surface area contributed by atoms with Crippen molar-refractivity contribution in [2.75, 3.05) is 26.7 Å². The number of fused-ring (bicyclic) bond motifs is 2. The maximum atomic E-state index is 13.9. The summed E-state index contributed by atoms with van der Waals surface area (Å²) in [6.45, 7) is 7.16. The summed E-state index contributed by atoms with van der Waals surface area (Å²) < 4.78 is 36.8. The fourth-order valence-corrected chi connectivity index (χ4v) is 8.80. The topological polar surface area (TPSA) is 157 Å². The zero-order valence-electron chi connectivity index (χ0n) is 27.8. The van der Waals surface area contributed by atoms with Crippen LogP contribution < -0.4 is 15.4 Å². The van der Waals surface area contributed by atoms with Crippen LogP contribution in [0.5, 0.6) is 0 Å². The summed E-state index contributed by atoms with van der Waals surface area (Å²) in [4.78, 5) is 57.9. The number of allylic oxidation sites excluding steroid dienone is 1. The summed E-state index contributed by atoms with van der Waals surface area (Å²) >= 11 is 0. The van der Waals surface area contributed by atoms with Gasteiger partial charge in [0.05, 0.1) is 0 Å². The third kappa shape index (κ3) is 8.22. The zero-order valence-corrected chi connectivity index (χ0v) is 28.6. The van der Waals surface area contributed by atoms with Gasteiger partial charge in [-0.1, -0.05) is 25.0 Å². The van der Waals surface area contributed by atoms with Gasteiger partial charge in [-0.2, -0.15) is 12.7 Å². The van der Waals surface area contributed by atoms with Gasteiger partial charge in [0, 0.05) is 24.5 Å². The second-order valence-electron chi connectivity index (χ2n) is 14.8. The first kappa shape index (κ1) is 34.6. The van der Waals surface area contributed by atoms with Gasteiger partial charge in [0.15, 0.2) is 0 Å². The Morgan fingerprint density at radius 3 is 2.35 bits per heavy atom. The van der Waals surface area contributed by atoms with Crippen molar-refractivity contribution in [3.8, 4) is 0 Å². The van der Waals surface area contributed by atoms with Crippen molar-refractivity contribution in [2.45, 2.75) is 133 Å². The Hall–Kier alpha value is -2.71. The Bertz CT molecular complexity index is 1300. The highest BCUT2D eigenvalue weighted by Gasteiger charge is 2.62. The van der Waals surface area contributed by atoms with E-state index in [1.807, 2.05) is 19.2 Å². The first-order valence-electron chi connectivity index (χ1n) is 17.0. The van der Waals surface area contributed by atoms with E-state index in [4.69, 9.17) is 4.74 Å². The molecule has 0 aromatic heterocycles. The van der Waals surface area contributed by atoms with Gasteiger partial charge >= 0.3 is 16.3 Å². The summed E-state index contributed by atoms with van der Waals surface area (Å²) in [6, 6.07) is -1.99. The summed E-state index contributed by atoms with van der Waals surface area (Å²) in [5.74, 6) is -1.95. The molecule has 0 radical (unpaired) electrons. The van der Waals surface area contributed by atoms with Gasteiger partial charge in [-0.15, -0.1) is 0 Å². The fraction of sp³-hybridized carbons (Fsp3) is 0.812. The molecule has 14 heteroatoms. The van der Waals surface area contributed by atoms with Gasteiger partial charge in [-0.3, -0.25) is 14.4 Å². The summed E-state index contributed by atoms with van der Waals surface area (Å²) in [7, 11) is -2.14. The molecule has 13 nitrogen and oxygen atoms in total. The number of alkyl carbamates (subject to hydrolysis) is 1. The Morgan fingerprint density at radius 2 is 1.67 bits per heavy atom. The largest absolute Gasteiger partial charge is 0.444 e. The van der Waals surface area contributed by atoms with Crippen LogP contribution >= 0.6 is 0 Å². The Morgan fingerprint density at radius 1 is 0.978 bits per heavy atom. The lowest BCUT2D eigenvalue weighted by molar-refractivity contribution is -0.141. The van der Waals surface area contributed by atoms with Gasteiger partial charge < -0.3 is 25.2 Å². The van der Waals surface area contributed by atoms with Crippen molar-refractivity contribution in [1.29, 1.82) is 0 Å². The maximum Gasteiger partial charge on any atom is 0.408 e. The van der Waals surface area contributed by atoms with Crippen LogP contribution in [0.1, 0.15) is 97.8 Å². The van der Waals surface area contributed by atoms with E-state index in [2.05, 4.69) is 20.3 Å². The van der Waals surface area contributed by atoms with Gasteiger partial charge in [-0.05, 0) is 105 Å². The van der Waals surface area contributed by atoms with Crippen LogP contribution in [0, 0.1) is 5.92 Å². The van der Waals surface area contributed by atoms with Crippen molar-refractivity contribution in [3.05, 3.63) is 12.2 Å². The second kappa shape index (κ2) is 13.8. The number of ether oxygens (including phenoxy) is 1. The number of nitrogens with one attached hydrogen (secondary N) is 3. The molecule has 4 fully saturated rings. The smallest absolute Gasteiger partial charge is 0.408 e. The van der Waals surface area contributed by atoms with E-state index < -0.39 is 51.3 Å². The maximum absolute atomic E-state index is 13.9. The summed E-state index contributed by atoms with van der Waals surface area (Å²) in [5.41, 5.74) is -2.16. The minimum atomic E-state index is -4.15. The van der Waals surface area contributed by atoms with E-state index in [0.29, 0.717) is 45.1 Å². The normalized spacial score (nSPS) is 30.5. The molecular weight excluding hydrogens is 612 g/mol. The Balaban J connectivity index is 1.34. The third-order valence-corrected chi connectivity index (χ3v) is 11.4. The van der Waals surface area contributed by atoms with Crippen LogP contribution in [-0.4, -0.2) is 108 Å². The van der Waals surface area contributed by atoms with E-state index in [-0.39, 0.29) is 30.3 Å². The standard InChI is InChI=1S/C32H52N6O7S/c1-31(2,3)45-30(42)33-25-12-9-7-5-6-8-11-22-21-32(22,34-27(39)26-13-10-18-37(26)28(25)40)29(41)35-46(43,44)38(23-14-15-23)24-16-19-36(4)20-17-24/h8,11,22-26H,5-7,9-10,12-21H2,1-4H3,(H,33,42)(H,34,39)(H,35,41)/t22-,25+,26+,32-/m1/s1. The highest BCUT2D eigenvalue weighted by Crippen LogP contribution is 2.46. The monoisotopic (exact) mass is 664 g/mol. The van der Waals surface area contributed by atoms with E-state index in [9.17, 15) is 27.6 Å². The van der Waals surface area contributed by atoms with E-state index in [1.165, 1.54) is 9.21 Å². The number of likely N-dealkylation sites (tertiary alicyclic amines) is 1. The quantitative estimate of drug-likeness (QED) is 0.365. The average molecular weight is 665 g/mol. The zero-order chi connectivity index (χ0) is 33.3. The van der Waals surface area contributed by atoms with Crippen molar-refractivity contribution in [2.24, 2.45) is 5.92 Å². The number of amides is 4. The molecular formula is C32H52N6O7S. The number of nitrogens with zero attached hydrogens (tertiary/aromatic N) is 3. The number of carbonyl (C=O) groups is 4. The molecule has 4 amide bonds. The molecule has 46 heavy (non-hydrogen) atoms. The predicted molar refractivity (Wildman–Crippen MR) is 172 cm³/mol. The predicted octanol–water partition coefficient (Wildman–Crippen LogP) is 2.19. The van der Waals surface area contributed by atoms with Gasteiger partial charge in [0.2, 0.25) is 11.8 Å². The molecule has 5 rings (SSSR count). The first-order chi connectivity index (χ1) is 21.7. The van der Waals surface area contributed by atoms with Crippen LogP contribution in [-0.2, 0) is 29.3 Å². The minimum absolute atomic E-state index is 0.117. The molecule has 2 saturated carbocycles. The number of piperidine rings is 1. The molecule has 3 heterocycles. The highest BCUT2D eigenvalue weighted by molar-refractivity contribution is 7.87. The molecule has 258 valence electrons. The molecule has 2 saturated heterocycles. The van der Waals surface area contributed by atoms with E-state index in [1.54, 1.807) is 20.8 Å². The van der Waals surface area contributed by atoms with Crippen molar-refractivity contribution in [1.82, 2.24) is 29.5 Å². The number of hydrogen-bond acceptors (Lipinski definition) is 8. The lowest BCUT2D eigenvalue weighted by Crippen LogP contribution is -2.60. The molecule has 0 spiro atoms. The van der Waals surface area contributed by atoms with Crippen molar-refractivity contribution in [3.63, 3.8) is 0 Å². The lowest BCUT2D eigenvalue weighted by Gasteiger charge is -2.36. The molecule has 0 aromatic rings. The number of hydrogen-bond donors (Lipinski definition) is 3. The number of carbonyl (C=O) groups excluding carboxylic acids is 4. The molecule has 5 aliphatic rings. The summed E-state index contributed by atoms with van der Waals surface area (Å²) in [5, 5.41) is 5.64. The number of rotatable bonds is 6. The molecule has 0 unspecified atom stereocenters. The van der Waals surface area contributed by atoms with Crippen LogP contribution in [0.2, 0.25) is 0 Å². The van der Waals surface area contributed by atoms with Gasteiger partial charge in [-0.25, -0.2) is 9.52 Å². The molecule has 3 aliphatic heterocycles. The SMILES string of the molecule is CN1CCC(N(C2CC2)S(=O)(=O)NC(=O)[C@@]23C[C@H]2C=CCCCCC[C@H](NC(=O)OC(C)(C)C)C(=O)N2CCC[C@H]2C(=O)N3)CC1. The third-order valence-electron chi connectivity index (χ3n) is 9.78. The van der Waals surface area contributed by atoms with Crippen LogP contribution in [0.15, 0.2) is 12.2 Å². The van der Waals surface area contributed by atoms with Crippen LogP contribution in [0.3, 0.4) is 0 Å². The Labute approximate surface area is 273 Å². The highest BCUT2D eigenvalue weighted by atomic mass is 32.2. The van der Waals surface area contributed by atoms with Gasteiger partial charge in [0.1, 0.15) is 23.2 Å². The summed E-state index contributed by atoms with van der Waals surface area (Å²) in [6.07, 6.45) is 10.9. The van der Waals surface area contributed by atoms with E-state index in [0.717, 1.165) is 45.2 Å². The minimum Gasteiger partial charge on any atom is -0.444 e. The molecule has 2 aliphatic carbocycles. The van der Waals surface area contributed by atoms with Crippen molar-refractivity contribution < 1.29 is 32.3 Å². The second-order valence-corrected chi connectivity index (χ2v) is 16.3. The van der Waals surface area contributed by atoms with Gasteiger partial charge in [0.25, 0.3) is 5.91 Å². The van der Waals surface area contributed by atoms with E-state index >= 15 is 0 Å².